The van der Waals surface area contributed by atoms with Crippen LogP contribution in [-0.4, -0.2) is 37.7 Å². The molecule has 5 rings (SSSR count). The average Bonchev–Trinajstić information content (AvgIpc) is 3.21. The lowest BCUT2D eigenvalue weighted by Crippen LogP contribution is -2.39. The highest BCUT2D eigenvalue weighted by Gasteiger charge is 2.35. The molecule has 2 aromatic carbocycles. The van der Waals surface area contributed by atoms with Crippen molar-refractivity contribution in [3.05, 3.63) is 52.9 Å². The zero-order chi connectivity index (χ0) is 20.0. The van der Waals surface area contributed by atoms with Gasteiger partial charge in [-0.2, -0.15) is 0 Å². The minimum atomic E-state index is -0.0404. The lowest BCUT2D eigenvalue weighted by molar-refractivity contribution is -0.117. The normalized spacial score (nSPS) is 19.0. The van der Waals surface area contributed by atoms with E-state index in [-0.39, 0.29) is 12.4 Å². The summed E-state index contributed by atoms with van der Waals surface area (Å²) in [5.74, 6) is 3.01. The highest BCUT2D eigenvalue weighted by molar-refractivity contribution is 5.87. The van der Waals surface area contributed by atoms with E-state index in [0.29, 0.717) is 24.3 Å². The maximum atomic E-state index is 11.8. The minimum absolute atomic E-state index is 0.0268. The molecule has 0 spiro atoms. The molecular weight excluding hydrogens is 370 g/mol. The standard InChI is InChI=1S/C23H24NO5/c1-3-16(25)12-27-23-18-11-24-7-6-15-9-21-22(29-13-28-21)10-17(15)19(24)8-14(18)4-5-20(23)26-2/h3-5,9-10,19H,6-8,11-13H2,1-2H3/q+1. The molecule has 6 heteroatoms. The number of methoxy groups -OCH3 is 1. The van der Waals surface area contributed by atoms with Crippen LogP contribution in [0.15, 0.2) is 24.3 Å². The minimum Gasteiger partial charge on any atom is -0.493 e. The topological polar surface area (TPSA) is 57.2 Å². The third-order valence-electron chi connectivity index (χ3n) is 6.10. The summed E-state index contributed by atoms with van der Waals surface area (Å²) >= 11 is 0. The molecule has 3 aliphatic heterocycles. The fourth-order valence-electron chi connectivity index (χ4n) is 4.54. The van der Waals surface area contributed by atoms with Gasteiger partial charge in [0.2, 0.25) is 6.79 Å². The zero-order valence-electron chi connectivity index (χ0n) is 16.7. The third-order valence-corrected chi connectivity index (χ3v) is 6.10. The van der Waals surface area contributed by atoms with E-state index in [1.807, 2.05) is 6.07 Å². The second-order valence-corrected chi connectivity index (χ2v) is 7.62. The Morgan fingerprint density at radius 2 is 2.07 bits per heavy atom. The van der Waals surface area contributed by atoms with E-state index in [0.717, 1.165) is 43.0 Å². The van der Waals surface area contributed by atoms with Gasteiger partial charge in [0, 0.05) is 24.7 Å². The number of rotatable bonds is 5. The quantitative estimate of drug-likeness (QED) is 0.726. The molecule has 0 fully saturated rings. The summed E-state index contributed by atoms with van der Waals surface area (Å²) in [6, 6.07) is 8.64. The summed E-state index contributed by atoms with van der Waals surface area (Å²) in [5.41, 5.74) is 5.02. The van der Waals surface area contributed by atoms with Crippen molar-refractivity contribution in [3.8, 4) is 23.0 Å². The zero-order valence-corrected chi connectivity index (χ0v) is 16.7. The van der Waals surface area contributed by atoms with E-state index >= 15 is 0 Å². The van der Waals surface area contributed by atoms with E-state index in [9.17, 15) is 4.79 Å². The van der Waals surface area contributed by atoms with Crippen LogP contribution in [0.25, 0.3) is 0 Å². The van der Waals surface area contributed by atoms with Crippen LogP contribution in [0.2, 0.25) is 0 Å². The first-order valence-corrected chi connectivity index (χ1v) is 9.98. The van der Waals surface area contributed by atoms with Gasteiger partial charge in [-0.25, -0.2) is 4.79 Å². The number of carbonyl (C=O) groups excluding carboxylic acids is 1. The van der Waals surface area contributed by atoms with Gasteiger partial charge in [0.05, 0.1) is 14.0 Å². The van der Waals surface area contributed by atoms with E-state index in [4.69, 9.17) is 18.9 Å². The maximum absolute atomic E-state index is 11.8. The van der Waals surface area contributed by atoms with Gasteiger partial charge < -0.3 is 18.9 Å². The van der Waals surface area contributed by atoms with Crippen molar-refractivity contribution in [2.75, 3.05) is 27.1 Å². The smallest absolute Gasteiger partial charge is 0.342 e. The number of hydrogen-bond donors (Lipinski definition) is 0. The van der Waals surface area contributed by atoms with Crippen molar-refractivity contribution in [1.82, 2.24) is 4.90 Å². The molecule has 3 heterocycles. The lowest BCUT2D eigenvalue weighted by Gasteiger charge is -2.42. The largest absolute Gasteiger partial charge is 0.493 e. The summed E-state index contributed by atoms with van der Waals surface area (Å²) in [7, 11) is 1.63. The maximum Gasteiger partial charge on any atom is 0.342 e. The molecule has 0 N–H and O–H groups in total. The number of nitrogens with zero attached hydrogens (tertiary/aromatic N) is 1. The van der Waals surface area contributed by atoms with Gasteiger partial charge in [0.15, 0.2) is 29.6 Å². The molecule has 29 heavy (non-hydrogen) atoms. The fourth-order valence-corrected chi connectivity index (χ4v) is 4.54. The highest BCUT2D eigenvalue weighted by Crippen LogP contribution is 2.46. The van der Waals surface area contributed by atoms with Crippen molar-refractivity contribution < 1.29 is 23.7 Å². The first-order chi connectivity index (χ1) is 14.2. The van der Waals surface area contributed by atoms with Crippen molar-refractivity contribution in [1.29, 1.82) is 0 Å². The summed E-state index contributed by atoms with van der Waals surface area (Å²) in [5, 5.41) is 0. The number of carbonyl (C=O) groups is 1. The van der Waals surface area contributed by atoms with Crippen LogP contribution in [0.1, 0.15) is 35.2 Å². The Hall–Kier alpha value is -2.86. The molecule has 0 radical (unpaired) electrons. The Kier molecular flexibility index (Phi) is 4.51. The predicted molar refractivity (Wildman–Crippen MR) is 107 cm³/mol. The monoisotopic (exact) mass is 394 g/mol. The Morgan fingerprint density at radius 1 is 1.24 bits per heavy atom. The van der Waals surface area contributed by atoms with Gasteiger partial charge in [-0.15, -0.1) is 0 Å². The van der Waals surface area contributed by atoms with Crippen molar-refractivity contribution >= 4 is 5.78 Å². The van der Waals surface area contributed by atoms with E-state index < -0.39 is 0 Å². The summed E-state index contributed by atoms with van der Waals surface area (Å²) in [6.45, 7) is 3.78. The summed E-state index contributed by atoms with van der Waals surface area (Å²) in [6.07, 6.45) is 3.39. The Morgan fingerprint density at radius 3 is 2.86 bits per heavy atom. The molecule has 0 amide bonds. The highest BCUT2D eigenvalue weighted by atomic mass is 16.7. The van der Waals surface area contributed by atoms with Crippen molar-refractivity contribution in [2.45, 2.75) is 32.4 Å². The Balaban J connectivity index is 1.49. The molecule has 0 aromatic heterocycles. The van der Waals surface area contributed by atoms with Crippen LogP contribution in [0, 0.1) is 6.42 Å². The van der Waals surface area contributed by atoms with Gasteiger partial charge in [-0.1, -0.05) is 6.07 Å². The molecule has 3 aliphatic rings. The van der Waals surface area contributed by atoms with Crippen LogP contribution in [0.3, 0.4) is 0 Å². The molecular formula is C23H24NO5+. The predicted octanol–water partition coefficient (Wildman–Crippen LogP) is 3.25. The lowest BCUT2D eigenvalue weighted by atomic mass is 9.83. The summed E-state index contributed by atoms with van der Waals surface area (Å²) < 4.78 is 22.6. The van der Waals surface area contributed by atoms with Gasteiger partial charge >= 0.3 is 5.78 Å². The fraction of sp³-hybridized carbons (Fsp3) is 0.391. The molecule has 1 unspecified atom stereocenters. The molecule has 0 bridgehead atoms. The number of ketones is 1. The van der Waals surface area contributed by atoms with E-state index in [1.54, 1.807) is 14.0 Å². The van der Waals surface area contributed by atoms with Gasteiger partial charge in [-0.05, 0) is 47.7 Å². The molecule has 0 saturated heterocycles. The molecule has 150 valence electrons. The van der Waals surface area contributed by atoms with E-state index in [2.05, 4.69) is 23.1 Å². The molecule has 0 saturated carbocycles. The van der Waals surface area contributed by atoms with Gasteiger partial charge in [0.25, 0.3) is 0 Å². The van der Waals surface area contributed by atoms with Crippen LogP contribution in [0.5, 0.6) is 23.0 Å². The average molecular weight is 394 g/mol. The van der Waals surface area contributed by atoms with Crippen molar-refractivity contribution in [3.63, 3.8) is 0 Å². The van der Waals surface area contributed by atoms with Crippen molar-refractivity contribution in [2.24, 2.45) is 0 Å². The number of ether oxygens (including phenoxy) is 4. The van der Waals surface area contributed by atoms with Crippen LogP contribution in [-0.2, 0) is 24.2 Å². The summed E-state index contributed by atoms with van der Waals surface area (Å²) in [4.78, 5) is 14.2. The molecule has 2 aromatic rings. The molecule has 6 nitrogen and oxygen atoms in total. The Bertz CT molecular complexity index is 970. The molecule has 1 atom stereocenters. The van der Waals surface area contributed by atoms with Crippen LogP contribution >= 0.6 is 0 Å². The number of Topliss-reactive ketones (excluding diaryl/α,β-unsaturated/α-hetero) is 1. The first-order valence-electron chi connectivity index (χ1n) is 9.98. The van der Waals surface area contributed by atoms with E-state index in [1.165, 1.54) is 23.1 Å². The van der Waals surface area contributed by atoms with Crippen LogP contribution < -0.4 is 18.9 Å². The third kappa shape index (κ3) is 3.08. The second-order valence-electron chi connectivity index (χ2n) is 7.62. The number of fused-ring (bicyclic) bond motifs is 5. The van der Waals surface area contributed by atoms with Crippen LogP contribution in [0.4, 0.5) is 0 Å². The van der Waals surface area contributed by atoms with Gasteiger partial charge in [0.1, 0.15) is 6.42 Å². The van der Waals surface area contributed by atoms with Gasteiger partial charge in [-0.3, -0.25) is 4.90 Å². The Labute approximate surface area is 170 Å². The second kappa shape index (κ2) is 7.19. The first kappa shape index (κ1) is 18.2. The number of benzene rings is 2. The SMILES string of the molecule is C[CH+]C(=O)COc1c(OC)ccc2c1CN1CCc3cc4c(cc3C1C2)OCO4. The molecule has 0 aliphatic carbocycles. The number of hydrogen-bond acceptors (Lipinski definition) is 6.